The molecule has 1 aromatic rings. The molecule has 106 valence electrons. The highest BCUT2D eigenvalue weighted by Gasteiger charge is 2.26. The van der Waals surface area contributed by atoms with Gasteiger partial charge in [-0.2, -0.15) is 5.10 Å². The zero-order chi connectivity index (χ0) is 14.0. The molecule has 1 amide bonds. The number of aliphatic hydroxyl groups is 1. The van der Waals surface area contributed by atoms with E-state index in [2.05, 4.69) is 15.5 Å². The number of aromatic nitrogens is 2. The standard InChI is InChI=1S/C14H23N3O2/c1-8(2)13-12(9(3)16-17-13)14(19)15-7-10-5-4-6-11(10)18/h8,10-11,18H,4-7H2,1-3H3,(H,15,19)(H,16,17). The number of rotatable bonds is 4. The molecule has 19 heavy (non-hydrogen) atoms. The topological polar surface area (TPSA) is 78.0 Å². The van der Waals surface area contributed by atoms with Gasteiger partial charge in [0.1, 0.15) is 0 Å². The third-order valence-electron chi connectivity index (χ3n) is 3.89. The molecule has 5 heteroatoms. The van der Waals surface area contributed by atoms with Gasteiger partial charge in [-0.3, -0.25) is 9.89 Å². The van der Waals surface area contributed by atoms with Gasteiger partial charge in [-0.05, 0) is 25.7 Å². The second kappa shape index (κ2) is 5.74. The van der Waals surface area contributed by atoms with Gasteiger partial charge in [0.15, 0.2) is 0 Å². The van der Waals surface area contributed by atoms with Gasteiger partial charge in [0.25, 0.3) is 5.91 Å². The van der Waals surface area contributed by atoms with Crippen LogP contribution in [0, 0.1) is 12.8 Å². The fraction of sp³-hybridized carbons (Fsp3) is 0.714. The molecular weight excluding hydrogens is 242 g/mol. The fourth-order valence-corrected chi connectivity index (χ4v) is 2.72. The number of nitrogens with zero attached hydrogens (tertiary/aromatic N) is 1. The summed E-state index contributed by atoms with van der Waals surface area (Å²) in [5.74, 6) is 0.315. The largest absolute Gasteiger partial charge is 0.393 e. The lowest BCUT2D eigenvalue weighted by Crippen LogP contribution is -2.33. The van der Waals surface area contributed by atoms with Gasteiger partial charge in [-0.25, -0.2) is 0 Å². The highest BCUT2D eigenvalue weighted by atomic mass is 16.3. The van der Waals surface area contributed by atoms with Crippen molar-refractivity contribution in [1.82, 2.24) is 15.5 Å². The normalized spacial score (nSPS) is 23.0. The lowest BCUT2D eigenvalue weighted by atomic mass is 10.0. The molecule has 0 aromatic carbocycles. The van der Waals surface area contributed by atoms with E-state index in [4.69, 9.17) is 0 Å². The van der Waals surface area contributed by atoms with Crippen LogP contribution in [0.5, 0.6) is 0 Å². The molecule has 0 spiro atoms. The Bertz CT molecular complexity index is 454. The van der Waals surface area contributed by atoms with Gasteiger partial charge >= 0.3 is 0 Å². The highest BCUT2D eigenvalue weighted by molar-refractivity contribution is 5.96. The molecule has 2 atom stereocenters. The van der Waals surface area contributed by atoms with Crippen LogP contribution in [-0.2, 0) is 0 Å². The smallest absolute Gasteiger partial charge is 0.255 e. The molecule has 1 aromatic heterocycles. The van der Waals surface area contributed by atoms with Crippen molar-refractivity contribution in [2.24, 2.45) is 5.92 Å². The van der Waals surface area contributed by atoms with E-state index in [0.717, 1.165) is 30.7 Å². The average Bonchev–Trinajstić information content (AvgIpc) is 2.92. The van der Waals surface area contributed by atoms with E-state index in [0.29, 0.717) is 12.1 Å². The van der Waals surface area contributed by atoms with Crippen LogP contribution < -0.4 is 5.32 Å². The first-order valence-electron chi connectivity index (χ1n) is 7.01. The van der Waals surface area contributed by atoms with Crippen LogP contribution in [-0.4, -0.2) is 33.9 Å². The molecule has 1 aliphatic carbocycles. The van der Waals surface area contributed by atoms with Gasteiger partial charge in [0, 0.05) is 18.2 Å². The average molecular weight is 265 g/mol. The minimum atomic E-state index is -0.268. The second-order valence-electron chi connectivity index (χ2n) is 5.73. The molecule has 2 rings (SSSR count). The van der Waals surface area contributed by atoms with Crippen molar-refractivity contribution < 1.29 is 9.90 Å². The van der Waals surface area contributed by atoms with Crippen LogP contribution in [0.2, 0.25) is 0 Å². The maximum absolute atomic E-state index is 12.3. The number of aryl methyl sites for hydroxylation is 1. The Labute approximate surface area is 113 Å². The van der Waals surface area contributed by atoms with E-state index in [1.807, 2.05) is 20.8 Å². The van der Waals surface area contributed by atoms with Crippen molar-refractivity contribution in [3.8, 4) is 0 Å². The van der Waals surface area contributed by atoms with Gasteiger partial charge in [0.2, 0.25) is 0 Å². The number of carbonyl (C=O) groups is 1. The molecule has 1 fully saturated rings. The van der Waals surface area contributed by atoms with Crippen LogP contribution >= 0.6 is 0 Å². The third-order valence-corrected chi connectivity index (χ3v) is 3.89. The number of aromatic amines is 1. The van der Waals surface area contributed by atoms with Crippen LogP contribution in [0.4, 0.5) is 0 Å². The summed E-state index contributed by atoms with van der Waals surface area (Å²) in [6.07, 6.45) is 2.62. The maximum Gasteiger partial charge on any atom is 0.255 e. The van der Waals surface area contributed by atoms with Crippen molar-refractivity contribution in [3.63, 3.8) is 0 Å². The minimum Gasteiger partial charge on any atom is -0.393 e. The van der Waals surface area contributed by atoms with Gasteiger partial charge in [-0.1, -0.05) is 20.3 Å². The number of carbonyl (C=O) groups excluding carboxylic acids is 1. The zero-order valence-corrected chi connectivity index (χ0v) is 11.9. The van der Waals surface area contributed by atoms with Crippen molar-refractivity contribution in [1.29, 1.82) is 0 Å². The van der Waals surface area contributed by atoms with Crippen LogP contribution in [0.25, 0.3) is 0 Å². The van der Waals surface area contributed by atoms with Crippen molar-refractivity contribution in [2.75, 3.05) is 6.54 Å². The molecule has 1 aliphatic rings. The summed E-state index contributed by atoms with van der Waals surface area (Å²) < 4.78 is 0. The molecular formula is C14H23N3O2. The first kappa shape index (κ1) is 14.1. The van der Waals surface area contributed by atoms with E-state index in [9.17, 15) is 9.90 Å². The van der Waals surface area contributed by atoms with Crippen LogP contribution in [0.3, 0.4) is 0 Å². The third kappa shape index (κ3) is 2.97. The highest BCUT2D eigenvalue weighted by Crippen LogP contribution is 2.25. The Hall–Kier alpha value is -1.36. The van der Waals surface area contributed by atoms with Gasteiger partial charge < -0.3 is 10.4 Å². The van der Waals surface area contributed by atoms with Crippen molar-refractivity contribution >= 4 is 5.91 Å². The number of hydrogen-bond donors (Lipinski definition) is 3. The van der Waals surface area contributed by atoms with E-state index >= 15 is 0 Å². The first-order chi connectivity index (χ1) is 9.00. The number of amides is 1. The molecule has 0 radical (unpaired) electrons. The molecule has 1 saturated carbocycles. The molecule has 0 aliphatic heterocycles. The molecule has 2 unspecified atom stereocenters. The monoisotopic (exact) mass is 265 g/mol. The summed E-state index contributed by atoms with van der Waals surface area (Å²) in [4.78, 5) is 12.3. The summed E-state index contributed by atoms with van der Waals surface area (Å²) in [5.41, 5.74) is 2.26. The van der Waals surface area contributed by atoms with E-state index < -0.39 is 0 Å². The Morgan fingerprint density at radius 3 is 2.84 bits per heavy atom. The molecule has 5 nitrogen and oxygen atoms in total. The van der Waals surface area contributed by atoms with Crippen LogP contribution in [0.1, 0.15) is 60.8 Å². The van der Waals surface area contributed by atoms with Crippen LogP contribution in [0.15, 0.2) is 0 Å². The Morgan fingerprint density at radius 2 is 2.26 bits per heavy atom. The fourth-order valence-electron chi connectivity index (χ4n) is 2.72. The number of aliphatic hydroxyl groups excluding tert-OH is 1. The molecule has 0 saturated heterocycles. The number of nitrogens with one attached hydrogen (secondary N) is 2. The SMILES string of the molecule is Cc1[nH]nc(C(C)C)c1C(=O)NCC1CCCC1O. The maximum atomic E-state index is 12.3. The first-order valence-corrected chi connectivity index (χ1v) is 7.01. The Kier molecular flexibility index (Phi) is 4.24. The Morgan fingerprint density at radius 1 is 1.53 bits per heavy atom. The summed E-state index contributed by atoms with van der Waals surface area (Å²) in [5, 5.41) is 19.8. The predicted octanol–water partition coefficient (Wildman–Crippen LogP) is 1.73. The summed E-state index contributed by atoms with van der Waals surface area (Å²) in [6, 6.07) is 0. The van der Waals surface area contributed by atoms with E-state index in [-0.39, 0.29) is 23.8 Å². The Balaban J connectivity index is 2.02. The number of H-pyrrole nitrogens is 1. The van der Waals surface area contributed by atoms with Crippen molar-refractivity contribution in [3.05, 3.63) is 17.0 Å². The summed E-state index contributed by atoms with van der Waals surface area (Å²) in [7, 11) is 0. The van der Waals surface area contributed by atoms with E-state index in [1.54, 1.807) is 0 Å². The lowest BCUT2D eigenvalue weighted by Gasteiger charge is -2.15. The van der Waals surface area contributed by atoms with Crippen molar-refractivity contribution in [2.45, 2.75) is 52.1 Å². The second-order valence-corrected chi connectivity index (χ2v) is 5.73. The molecule has 3 N–H and O–H groups in total. The quantitative estimate of drug-likeness (QED) is 0.776. The van der Waals surface area contributed by atoms with E-state index in [1.165, 1.54) is 0 Å². The predicted molar refractivity (Wildman–Crippen MR) is 73.1 cm³/mol. The molecule has 0 bridgehead atoms. The number of hydrogen-bond acceptors (Lipinski definition) is 3. The minimum absolute atomic E-state index is 0.0888. The summed E-state index contributed by atoms with van der Waals surface area (Å²) in [6.45, 7) is 6.45. The van der Waals surface area contributed by atoms with Gasteiger partial charge in [-0.15, -0.1) is 0 Å². The summed E-state index contributed by atoms with van der Waals surface area (Å²) >= 11 is 0. The zero-order valence-electron chi connectivity index (χ0n) is 11.9. The van der Waals surface area contributed by atoms with Gasteiger partial charge in [0.05, 0.1) is 17.4 Å². The molecule has 1 heterocycles. The lowest BCUT2D eigenvalue weighted by molar-refractivity contribution is 0.0915.